The largest absolute Gasteiger partial charge is 0.548 e. The summed E-state index contributed by atoms with van der Waals surface area (Å²) in [7, 11) is 0. The number of piperidine rings is 1. The first-order valence-electron chi connectivity index (χ1n) is 10.3. The maximum Gasteiger partial charge on any atom is 0.280 e. The highest BCUT2D eigenvalue weighted by molar-refractivity contribution is 5.93. The Kier molecular flexibility index (Phi) is 6.71. The minimum atomic E-state index is -1.56. The lowest BCUT2D eigenvalue weighted by atomic mass is 9.71. The summed E-state index contributed by atoms with van der Waals surface area (Å²) in [6.45, 7) is 1.75. The molecule has 0 aliphatic carbocycles. The van der Waals surface area contributed by atoms with Crippen LogP contribution in [0.25, 0.3) is 0 Å². The van der Waals surface area contributed by atoms with Crippen molar-refractivity contribution in [3.05, 3.63) is 35.9 Å². The number of hydrogen-bond donors (Lipinski definition) is 3. The van der Waals surface area contributed by atoms with Crippen LogP contribution in [0.3, 0.4) is 0 Å². The third-order valence-corrected chi connectivity index (χ3v) is 6.17. The second-order valence-corrected chi connectivity index (χ2v) is 8.06. The first-order valence-corrected chi connectivity index (χ1v) is 10.3. The molecule has 30 heavy (non-hydrogen) atoms. The van der Waals surface area contributed by atoms with Crippen LogP contribution in [0, 0.1) is 0 Å². The van der Waals surface area contributed by atoms with Crippen molar-refractivity contribution in [2.75, 3.05) is 19.6 Å². The van der Waals surface area contributed by atoms with Crippen LogP contribution in [-0.2, 0) is 24.6 Å². The molecule has 1 aromatic rings. The van der Waals surface area contributed by atoms with Gasteiger partial charge in [0.05, 0.1) is 30.4 Å². The van der Waals surface area contributed by atoms with Crippen molar-refractivity contribution < 1.29 is 29.6 Å². The van der Waals surface area contributed by atoms with Gasteiger partial charge in [-0.05, 0) is 18.4 Å². The van der Waals surface area contributed by atoms with E-state index in [2.05, 4.69) is 10.6 Å². The van der Waals surface area contributed by atoms with E-state index in [0.717, 1.165) is 24.9 Å². The number of carbonyl (C=O) groups excluding carboxylic acids is 4. The smallest absolute Gasteiger partial charge is 0.280 e. The molecule has 3 amide bonds. The predicted molar refractivity (Wildman–Crippen MR) is 104 cm³/mol. The van der Waals surface area contributed by atoms with Gasteiger partial charge in [-0.2, -0.15) is 0 Å². The number of nitrogens with zero attached hydrogens (tertiary/aromatic N) is 1. The van der Waals surface area contributed by atoms with Crippen molar-refractivity contribution in [1.29, 1.82) is 0 Å². The molecule has 2 heterocycles. The Morgan fingerprint density at radius 1 is 1.20 bits per heavy atom. The van der Waals surface area contributed by atoms with Crippen molar-refractivity contribution in [2.24, 2.45) is 5.73 Å². The number of nitrogens with two attached hydrogens (primary N) is 2. The highest BCUT2D eigenvalue weighted by Crippen LogP contribution is 2.36. The van der Waals surface area contributed by atoms with Crippen LogP contribution >= 0.6 is 0 Å². The lowest BCUT2D eigenvalue weighted by Crippen LogP contribution is -2.89. The molecular formula is C21H28N4O5. The first-order chi connectivity index (χ1) is 14.3. The lowest BCUT2D eigenvalue weighted by Gasteiger charge is -2.42. The van der Waals surface area contributed by atoms with Gasteiger partial charge in [0.25, 0.3) is 5.91 Å². The highest BCUT2D eigenvalue weighted by Gasteiger charge is 2.45. The average Bonchev–Trinajstić information content (AvgIpc) is 3.28. The van der Waals surface area contributed by atoms with E-state index >= 15 is 0 Å². The van der Waals surface area contributed by atoms with Crippen molar-refractivity contribution in [3.63, 3.8) is 0 Å². The minimum Gasteiger partial charge on any atom is -0.548 e. The van der Waals surface area contributed by atoms with Crippen LogP contribution in [0.2, 0.25) is 0 Å². The maximum atomic E-state index is 13.3. The Hall–Kier alpha value is -2.94. The second kappa shape index (κ2) is 9.25. The Labute approximate surface area is 175 Å². The number of carboxylic acids is 1. The van der Waals surface area contributed by atoms with Crippen LogP contribution in [0.15, 0.2) is 30.3 Å². The summed E-state index contributed by atoms with van der Waals surface area (Å²) in [6, 6.07) is 7.56. The molecule has 2 saturated heterocycles. The topological polar surface area (TPSA) is 149 Å². The molecule has 162 valence electrons. The monoisotopic (exact) mass is 416 g/mol. The first kappa shape index (κ1) is 21.8. The third kappa shape index (κ3) is 4.62. The molecule has 5 N–H and O–H groups in total. The number of carbonyl (C=O) groups is 4. The summed E-state index contributed by atoms with van der Waals surface area (Å²) in [4.78, 5) is 50.4. The number of carboxylic acid groups (broad SMARTS) is 1. The number of benzene rings is 1. The maximum absolute atomic E-state index is 13.3. The Bertz CT molecular complexity index is 799. The van der Waals surface area contributed by atoms with Gasteiger partial charge in [0.1, 0.15) is 0 Å². The number of likely N-dealkylation sites (tertiary alicyclic amines) is 1. The standard InChI is InChI=1S/C21H28N4O5/c22-17(26)13-16(19(28)29)24-20(30)21(14-5-2-1-3-6-14)8-11-25(12-9-21)18(27)15-7-4-10-23-15/h1-3,5-6,15-16,23H,4,7-13H2,(H2,22,26)(H,24,30)(H,28,29)/t15-,16-/m0/s1. The highest BCUT2D eigenvalue weighted by atomic mass is 16.4. The summed E-state index contributed by atoms with van der Waals surface area (Å²) in [6.07, 6.45) is 2.06. The zero-order chi connectivity index (χ0) is 21.7. The van der Waals surface area contributed by atoms with Crippen LogP contribution in [0.5, 0.6) is 0 Å². The average molecular weight is 416 g/mol. The van der Waals surface area contributed by atoms with E-state index in [9.17, 15) is 24.3 Å². The summed E-state index contributed by atoms with van der Waals surface area (Å²) in [5.74, 6) is -2.80. The second-order valence-electron chi connectivity index (χ2n) is 8.06. The SMILES string of the molecule is NC(=O)C[C@H](NC(=O)C1(c2ccccc2)CCN(C(=O)[C@@H]2CCC[NH2+]2)CC1)C(=O)[O-]. The van der Waals surface area contributed by atoms with Crippen molar-refractivity contribution in [1.82, 2.24) is 10.2 Å². The minimum absolute atomic E-state index is 0.0546. The molecule has 0 saturated carbocycles. The van der Waals surface area contributed by atoms with E-state index in [1.54, 1.807) is 4.90 Å². The number of primary amides is 1. The van der Waals surface area contributed by atoms with Crippen LogP contribution in [-0.4, -0.2) is 60.3 Å². The Morgan fingerprint density at radius 2 is 1.87 bits per heavy atom. The molecule has 9 heteroatoms. The van der Waals surface area contributed by atoms with Crippen LogP contribution in [0.4, 0.5) is 0 Å². The van der Waals surface area contributed by atoms with E-state index in [-0.39, 0.29) is 11.9 Å². The number of quaternary nitrogens is 1. The lowest BCUT2D eigenvalue weighted by molar-refractivity contribution is -0.658. The summed E-state index contributed by atoms with van der Waals surface area (Å²) < 4.78 is 0. The van der Waals surface area contributed by atoms with Gasteiger partial charge in [0, 0.05) is 25.9 Å². The van der Waals surface area contributed by atoms with E-state index in [4.69, 9.17) is 5.73 Å². The van der Waals surface area contributed by atoms with Crippen molar-refractivity contribution in [3.8, 4) is 0 Å². The zero-order valence-electron chi connectivity index (χ0n) is 16.8. The molecule has 2 fully saturated rings. The molecular weight excluding hydrogens is 388 g/mol. The van der Waals surface area contributed by atoms with Crippen LogP contribution in [0.1, 0.15) is 37.7 Å². The summed E-state index contributed by atoms with van der Waals surface area (Å²) in [5.41, 5.74) is 4.86. The number of hydrogen-bond acceptors (Lipinski definition) is 5. The summed E-state index contributed by atoms with van der Waals surface area (Å²) >= 11 is 0. The number of aliphatic carboxylic acids is 1. The molecule has 9 nitrogen and oxygen atoms in total. The third-order valence-electron chi connectivity index (χ3n) is 6.17. The summed E-state index contributed by atoms with van der Waals surface area (Å²) in [5, 5.41) is 15.9. The Balaban J connectivity index is 1.79. The fraction of sp³-hybridized carbons (Fsp3) is 0.524. The normalized spacial score (nSPS) is 21.6. The molecule has 0 bridgehead atoms. The van der Waals surface area contributed by atoms with Gasteiger partial charge in [0.15, 0.2) is 6.04 Å². The van der Waals surface area contributed by atoms with E-state index in [1.807, 2.05) is 30.3 Å². The molecule has 3 rings (SSSR count). The van der Waals surface area contributed by atoms with Gasteiger partial charge < -0.3 is 31.2 Å². The van der Waals surface area contributed by atoms with Gasteiger partial charge >= 0.3 is 0 Å². The van der Waals surface area contributed by atoms with Gasteiger partial charge in [-0.15, -0.1) is 0 Å². The van der Waals surface area contributed by atoms with Crippen molar-refractivity contribution in [2.45, 2.75) is 49.6 Å². The zero-order valence-corrected chi connectivity index (χ0v) is 16.8. The number of rotatable bonds is 7. The van der Waals surface area contributed by atoms with E-state index in [1.165, 1.54) is 0 Å². The molecule has 2 aliphatic rings. The van der Waals surface area contributed by atoms with Crippen LogP contribution < -0.4 is 21.5 Å². The van der Waals surface area contributed by atoms with Gasteiger partial charge in [-0.1, -0.05) is 30.3 Å². The molecule has 0 aromatic heterocycles. The molecule has 2 aliphatic heterocycles. The number of nitrogens with one attached hydrogen (secondary N) is 1. The molecule has 0 radical (unpaired) electrons. The van der Waals surface area contributed by atoms with E-state index < -0.39 is 35.7 Å². The molecule has 0 unspecified atom stereocenters. The quantitative estimate of drug-likeness (QED) is 0.445. The number of amides is 3. The Morgan fingerprint density at radius 3 is 2.40 bits per heavy atom. The van der Waals surface area contributed by atoms with E-state index in [0.29, 0.717) is 25.9 Å². The molecule has 0 spiro atoms. The van der Waals surface area contributed by atoms with Crippen molar-refractivity contribution >= 4 is 23.7 Å². The fourth-order valence-electron chi connectivity index (χ4n) is 4.44. The van der Waals surface area contributed by atoms with Gasteiger partial charge in [0.2, 0.25) is 11.8 Å². The molecule has 1 aromatic carbocycles. The van der Waals surface area contributed by atoms with Gasteiger partial charge in [-0.3, -0.25) is 14.4 Å². The van der Waals surface area contributed by atoms with Gasteiger partial charge in [-0.25, -0.2) is 0 Å². The molecule has 2 atom stereocenters. The predicted octanol–water partition coefficient (Wildman–Crippen LogP) is -2.62. The fourth-order valence-corrected chi connectivity index (χ4v) is 4.44.